The van der Waals surface area contributed by atoms with Gasteiger partial charge in [0.05, 0.1) is 0 Å². The first-order valence-electron chi connectivity index (χ1n) is 3.10. The predicted octanol–water partition coefficient (Wildman–Crippen LogP) is -3.57. The molecular formula is C6H18NiO9. The Kier molecular flexibility index (Phi) is 44.7. The number of rotatable bonds is 2. The van der Waals surface area contributed by atoms with Gasteiger partial charge in [-0.15, -0.1) is 0 Å². The molecule has 0 saturated carbocycles. The zero-order valence-electron chi connectivity index (χ0n) is 8.58. The molecule has 106 valence electrons. The summed E-state index contributed by atoms with van der Waals surface area (Å²) >= 11 is 0. The summed E-state index contributed by atoms with van der Waals surface area (Å²) in [7, 11) is 0. The molecule has 0 aliphatic carbocycles. The molecule has 0 rings (SSSR count). The average molecular weight is 293 g/mol. The minimum atomic E-state index is -1.23. The largest absolute Gasteiger partial charge is 0.479 e. The van der Waals surface area contributed by atoms with Crippen LogP contribution in [-0.4, -0.2) is 61.0 Å². The second kappa shape index (κ2) is 19.8. The van der Waals surface area contributed by atoms with E-state index >= 15 is 0 Å². The fourth-order valence-corrected chi connectivity index (χ4v) is 0. The molecule has 2 unspecified atom stereocenters. The van der Waals surface area contributed by atoms with Gasteiger partial charge < -0.3 is 36.9 Å². The SMILES string of the molecule is CC(O)C(=O)O.CC(O)C(=O)O.O.O.O.[Ni]. The third-order valence-corrected chi connectivity index (χ3v) is 0.715. The molecule has 0 aromatic heterocycles. The van der Waals surface area contributed by atoms with E-state index in [0.29, 0.717) is 0 Å². The van der Waals surface area contributed by atoms with E-state index in [2.05, 4.69) is 0 Å². The summed E-state index contributed by atoms with van der Waals surface area (Å²) < 4.78 is 0. The van der Waals surface area contributed by atoms with Crippen LogP contribution in [0.15, 0.2) is 0 Å². The third-order valence-electron chi connectivity index (χ3n) is 0.715. The quantitative estimate of drug-likeness (QED) is 0.378. The van der Waals surface area contributed by atoms with Crippen molar-refractivity contribution in [3.63, 3.8) is 0 Å². The van der Waals surface area contributed by atoms with Gasteiger partial charge in [0, 0.05) is 16.5 Å². The maximum absolute atomic E-state index is 9.45. The van der Waals surface area contributed by atoms with Gasteiger partial charge in [0.25, 0.3) is 0 Å². The van der Waals surface area contributed by atoms with Gasteiger partial charge in [-0.1, -0.05) is 0 Å². The van der Waals surface area contributed by atoms with Gasteiger partial charge in [-0.25, -0.2) is 9.59 Å². The number of hydrogen-bond donors (Lipinski definition) is 4. The number of aliphatic carboxylic acids is 2. The monoisotopic (exact) mass is 292 g/mol. The topological polar surface area (TPSA) is 210 Å². The van der Waals surface area contributed by atoms with E-state index in [0.717, 1.165) is 0 Å². The molecule has 16 heavy (non-hydrogen) atoms. The molecular weight excluding hydrogens is 275 g/mol. The molecule has 0 bridgehead atoms. The van der Waals surface area contributed by atoms with Gasteiger partial charge in [0.15, 0.2) is 0 Å². The van der Waals surface area contributed by atoms with E-state index in [9.17, 15) is 9.59 Å². The van der Waals surface area contributed by atoms with Crippen LogP contribution in [-0.2, 0) is 26.1 Å². The standard InChI is InChI=1S/2C3H6O3.Ni.3H2O/c2*1-2(4)3(5)6;;;;/h2*2,4H,1H3,(H,5,6);;3*1H2. The Morgan fingerprint density at radius 1 is 0.812 bits per heavy atom. The van der Waals surface area contributed by atoms with Crippen molar-refractivity contribution in [2.45, 2.75) is 26.1 Å². The molecule has 0 aliphatic heterocycles. The number of carbonyl (C=O) groups is 2. The predicted molar refractivity (Wildman–Crippen MR) is 49.5 cm³/mol. The Balaban J connectivity index is -0.0000000250. The second-order valence-corrected chi connectivity index (χ2v) is 2.03. The molecule has 0 amide bonds. The fourth-order valence-electron chi connectivity index (χ4n) is 0. The Morgan fingerprint density at radius 2 is 0.875 bits per heavy atom. The van der Waals surface area contributed by atoms with E-state index in [-0.39, 0.29) is 32.9 Å². The Bertz CT molecular complexity index is 140. The summed E-state index contributed by atoms with van der Waals surface area (Å²) in [5, 5.41) is 31.5. The van der Waals surface area contributed by atoms with Gasteiger partial charge in [-0.05, 0) is 13.8 Å². The number of aliphatic hydroxyl groups excluding tert-OH is 2. The molecule has 0 aromatic carbocycles. The summed E-state index contributed by atoms with van der Waals surface area (Å²) in [5.74, 6) is -2.37. The van der Waals surface area contributed by atoms with Gasteiger partial charge in [0.1, 0.15) is 12.2 Å². The first kappa shape index (κ1) is 36.2. The van der Waals surface area contributed by atoms with Crippen LogP contribution < -0.4 is 0 Å². The van der Waals surface area contributed by atoms with E-state index in [1.807, 2.05) is 0 Å². The maximum atomic E-state index is 9.45. The third kappa shape index (κ3) is 37.9. The fraction of sp³-hybridized carbons (Fsp3) is 0.667. The van der Waals surface area contributed by atoms with Crippen molar-refractivity contribution in [1.82, 2.24) is 0 Å². The van der Waals surface area contributed by atoms with Crippen LogP contribution >= 0.6 is 0 Å². The first-order valence-corrected chi connectivity index (χ1v) is 3.10. The first-order chi connectivity index (χ1) is 5.29. The van der Waals surface area contributed by atoms with Crippen LogP contribution in [0.3, 0.4) is 0 Å². The van der Waals surface area contributed by atoms with Crippen LogP contribution in [0.25, 0.3) is 0 Å². The van der Waals surface area contributed by atoms with Crippen LogP contribution in [0.5, 0.6) is 0 Å². The van der Waals surface area contributed by atoms with Crippen molar-refractivity contribution >= 4 is 11.9 Å². The Morgan fingerprint density at radius 3 is 0.875 bits per heavy atom. The molecule has 10 heteroatoms. The zero-order valence-corrected chi connectivity index (χ0v) is 9.56. The van der Waals surface area contributed by atoms with Crippen molar-refractivity contribution in [3.8, 4) is 0 Å². The molecule has 10 N–H and O–H groups in total. The van der Waals surface area contributed by atoms with E-state index < -0.39 is 24.1 Å². The maximum Gasteiger partial charge on any atom is 0.332 e. The molecule has 0 aliphatic rings. The zero-order chi connectivity index (χ0) is 10.3. The second-order valence-electron chi connectivity index (χ2n) is 2.03. The molecule has 0 saturated heterocycles. The molecule has 0 fully saturated rings. The minimum absolute atomic E-state index is 0. The molecule has 0 spiro atoms. The van der Waals surface area contributed by atoms with Crippen molar-refractivity contribution in [2.24, 2.45) is 0 Å². The Labute approximate surface area is 102 Å². The van der Waals surface area contributed by atoms with Crippen LogP contribution in [0.2, 0.25) is 0 Å². The smallest absolute Gasteiger partial charge is 0.332 e. The normalized spacial score (nSPS) is 10.2. The van der Waals surface area contributed by atoms with Crippen LogP contribution in [0.1, 0.15) is 13.8 Å². The van der Waals surface area contributed by atoms with Crippen molar-refractivity contribution < 1.29 is 62.9 Å². The van der Waals surface area contributed by atoms with Crippen molar-refractivity contribution in [2.75, 3.05) is 0 Å². The molecule has 0 aromatic rings. The van der Waals surface area contributed by atoms with Gasteiger partial charge in [-0.3, -0.25) is 0 Å². The summed E-state index contributed by atoms with van der Waals surface area (Å²) in [5.41, 5.74) is 0. The van der Waals surface area contributed by atoms with Crippen molar-refractivity contribution in [1.29, 1.82) is 0 Å². The summed E-state index contributed by atoms with van der Waals surface area (Å²) in [6, 6.07) is 0. The van der Waals surface area contributed by atoms with E-state index in [1.54, 1.807) is 0 Å². The number of carboxylic acids is 2. The molecule has 9 nitrogen and oxygen atoms in total. The van der Waals surface area contributed by atoms with Crippen LogP contribution in [0, 0.1) is 0 Å². The Hall–Kier alpha value is -0.766. The number of carboxylic acid groups (broad SMARTS) is 2. The van der Waals surface area contributed by atoms with Gasteiger partial charge in [0.2, 0.25) is 0 Å². The van der Waals surface area contributed by atoms with Crippen LogP contribution in [0.4, 0.5) is 0 Å². The van der Waals surface area contributed by atoms with Crippen molar-refractivity contribution in [3.05, 3.63) is 0 Å². The summed E-state index contributed by atoms with van der Waals surface area (Å²) in [4.78, 5) is 18.9. The molecule has 0 heterocycles. The van der Waals surface area contributed by atoms with Gasteiger partial charge in [-0.2, -0.15) is 0 Å². The van der Waals surface area contributed by atoms with E-state index in [4.69, 9.17) is 20.4 Å². The number of hydrogen-bond acceptors (Lipinski definition) is 4. The minimum Gasteiger partial charge on any atom is -0.479 e. The summed E-state index contributed by atoms with van der Waals surface area (Å²) in [6.45, 7) is 2.39. The molecule has 0 radical (unpaired) electrons. The number of aliphatic hydroxyl groups is 2. The van der Waals surface area contributed by atoms with E-state index in [1.165, 1.54) is 13.8 Å². The molecule has 2 atom stereocenters. The average Bonchev–Trinajstić information content (AvgIpc) is 1.88. The summed E-state index contributed by atoms with van der Waals surface area (Å²) in [6.07, 6.45) is -2.46. The van der Waals surface area contributed by atoms with Gasteiger partial charge >= 0.3 is 11.9 Å².